The molecule has 0 aromatic carbocycles. The molecule has 0 N–H and O–H groups in total. The molecule has 0 amide bonds. The van der Waals surface area contributed by atoms with E-state index >= 15 is 0 Å². The van der Waals surface area contributed by atoms with Crippen LogP contribution in [0.1, 0.15) is 20.3 Å². The van der Waals surface area contributed by atoms with Crippen molar-refractivity contribution in [2.75, 3.05) is 0 Å². The Bertz CT molecular complexity index is 70.7. The van der Waals surface area contributed by atoms with Crippen LogP contribution < -0.4 is 0 Å². The molecule has 0 spiro atoms. The molecule has 0 fully saturated rings. The second-order valence-electron chi connectivity index (χ2n) is 2.48. The van der Waals surface area contributed by atoms with Crippen LogP contribution in [-0.4, -0.2) is 12.6 Å². The number of halogens is 3. The second-order valence-corrected chi connectivity index (χ2v) is 2.48. The minimum absolute atomic E-state index is 0.00833. The minimum atomic E-state index is -2.81. The highest BCUT2D eigenvalue weighted by atomic mass is 19.3. The molecule has 0 nitrogen and oxygen atoms in total. The highest BCUT2D eigenvalue weighted by Crippen LogP contribution is 2.14. The van der Waals surface area contributed by atoms with Gasteiger partial charge in [0, 0.05) is 0 Å². The van der Waals surface area contributed by atoms with Crippen molar-refractivity contribution in [3.63, 3.8) is 0 Å². The van der Waals surface area contributed by atoms with E-state index < -0.39 is 12.6 Å². The van der Waals surface area contributed by atoms with E-state index in [4.69, 9.17) is 0 Å². The van der Waals surface area contributed by atoms with Crippen molar-refractivity contribution in [1.29, 1.82) is 0 Å². The van der Waals surface area contributed by atoms with Crippen LogP contribution in [0.5, 0.6) is 0 Å². The van der Waals surface area contributed by atoms with Crippen LogP contribution in [0.2, 0.25) is 0 Å². The van der Waals surface area contributed by atoms with Gasteiger partial charge < -0.3 is 0 Å². The Morgan fingerprint density at radius 3 is 1.67 bits per heavy atom. The molecule has 3 heteroatoms. The molecule has 0 aromatic rings. The summed E-state index contributed by atoms with van der Waals surface area (Å²) < 4.78 is 34.9. The summed E-state index contributed by atoms with van der Waals surface area (Å²) in [5.74, 6) is 0.00833. The lowest BCUT2D eigenvalue weighted by atomic mass is 10.1. The SMILES string of the molecule is CC(C)CC(F)C(F)F. The number of rotatable bonds is 3. The highest BCUT2D eigenvalue weighted by Gasteiger charge is 2.19. The van der Waals surface area contributed by atoms with E-state index in [1.807, 2.05) is 0 Å². The van der Waals surface area contributed by atoms with Gasteiger partial charge in [0.05, 0.1) is 0 Å². The third-order valence-electron chi connectivity index (χ3n) is 0.970. The summed E-state index contributed by atoms with van der Waals surface area (Å²) in [6, 6.07) is 0. The first-order valence-corrected chi connectivity index (χ1v) is 2.96. The maximum Gasteiger partial charge on any atom is 0.269 e. The molecule has 0 saturated heterocycles. The first-order chi connectivity index (χ1) is 4.04. The third kappa shape index (κ3) is 4.30. The molecule has 0 radical (unpaired) electrons. The van der Waals surface area contributed by atoms with E-state index in [0.717, 1.165) is 0 Å². The molecule has 0 aliphatic heterocycles. The maximum atomic E-state index is 12.0. The van der Waals surface area contributed by atoms with Crippen molar-refractivity contribution in [1.82, 2.24) is 0 Å². The molecule has 0 aliphatic rings. The van der Waals surface area contributed by atoms with Gasteiger partial charge in [0.15, 0.2) is 6.17 Å². The van der Waals surface area contributed by atoms with Crippen molar-refractivity contribution >= 4 is 0 Å². The standard InChI is InChI=1S/C6H11F3/c1-4(2)3-5(7)6(8)9/h4-6H,3H2,1-2H3. The van der Waals surface area contributed by atoms with Gasteiger partial charge in [-0.3, -0.25) is 0 Å². The molecule has 56 valence electrons. The van der Waals surface area contributed by atoms with E-state index in [1.54, 1.807) is 13.8 Å². The third-order valence-corrected chi connectivity index (χ3v) is 0.970. The maximum absolute atomic E-state index is 12.0. The zero-order valence-electron chi connectivity index (χ0n) is 5.57. The number of alkyl halides is 3. The summed E-state index contributed by atoms with van der Waals surface area (Å²) in [4.78, 5) is 0. The van der Waals surface area contributed by atoms with E-state index in [-0.39, 0.29) is 12.3 Å². The summed E-state index contributed by atoms with van der Waals surface area (Å²) in [6.45, 7) is 3.43. The first kappa shape index (κ1) is 8.79. The average molecular weight is 140 g/mol. The van der Waals surface area contributed by atoms with E-state index in [2.05, 4.69) is 0 Å². The summed E-state index contributed by atoms with van der Waals surface area (Å²) in [5, 5.41) is 0. The van der Waals surface area contributed by atoms with Crippen molar-refractivity contribution < 1.29 is 13.2 Å². The van der Waals surface area contributed by atoms with Crippen LogP contribution in [0.15, 0.2) is 0 Å². The Kier molecular flexibility index (Phi) is 3.66. The van der Waals surface area contributed by atoms with Crippen molar-refractivity contribution in [2.45, 2.75) is 32.9 Å². The minimum Gasteiger partial charge on any atom is -0.241 e. The zero-order chi connectivity index (χ0) is 7.44. The van der Waals surface area contributed by atoms with Gasteiger partial charge in [-0.2, -0.15) is 0 Å². The lowest BCUT2D eigenvalue weighted by Gasteiger charge is -2.08. The predicted molar refractivity (Wildman–Crippen MR) is 30.4 cm³/mol. The van der Waals surface area contributed by atoms with Gasteiger partial charge >= 0.3 is 0 Å². The lowest BCUT2D eigenvalue weighted by molar-refractivity contribution is 0.0387. The molecule has 0 aliphatic carbocycles. The van der Waals surface area contributed by atoms with Gasteiger partial charge in [0.2, 0.25) is 0 Å². The summed E-state index contributed by atoms with van der Waals surface area (Å²) in [5.41, 5.74) is 0. The van der Waals surface area contributed by atoms with Gasteiger partial charge in [-0.25, -0.2) is 13.2 Å². The van der Waals surface area contributed by atoms with E-state index in [0.29, 0.717) is 0 Å². The molecule has 9 heavy (non-hydrogen) atoms. The molecule has 0 saturated carbocycles. The fraction of sp³-hybridized carbons (Fsp3) is 1.00. The second kappa shape index (κ2) is 3.75. The van der Waals surface area contributed by atoms with Crippen LogP contribution in [0, 0.1) is 5.92 Å². The average Bonchev–Trinajstić information content (AvgIpc) is 1.63. The Morgan fingerprint density at radius 1 is 1.11 bits per heavy atom. The van der Waals surface area contributed by atoms with Crippen molar-refractivity contribution in [2.24, 2.45) is 5.92 Å². The largest absolute Gasteiger partial charge is 0.269 e. The quantitative estimate of drug-likeness (QED) is 0.565. The molecule has 0 rings (SSSR count). The van der Waals surface area contributed by atoms with Crippen LogP contribution >= 0.6 is 0 Å². The molecular weight excluding hydrogens is 129 g/mol. The van der Waals surface area contributed by atoms with Crippen LogP contribution in [-0.2, 0) is 0 Å². The summed E-state index contributed by atoms with van der Waals surface area (Å²) in [6.07, 6.45) is -4.80. The van der Waals surface area contributed by atoms with Crippen LogP contribution in [0.3, 0.4) is 0 Å². The molecule has 0 bridgehead atoms. The number of hydrogen-bond donors (Lipinski definition) is 0. The van der Waals surface area contributed by atoms with Crippen LogP contribution in [0.25, 0.3) is 0 Å². The number of hydrogen-bond acceptors (Lipinski definition) is 0. The Labute approximate surface area is 53.1 Å². The van der Waals surface area contributed by atoms with E-state index in [1.165, 1.54) is 0 Å². The monoisotopic (exact) mass is 140 g/mol. The fourth-order valence-corrected chi connectivity index (χ4v) is 0.553. The molecule has 0 aromatic heterocycles. The van der Waals surface area contributed by atoms with Gasteiger partial charge in [-0.1, -0.05) is 13.8 Å². The Hall–Kier alpha value is -0.210. The summed E-state index contributed by atoms with van der Waals surface area (Å²) in [7, 11) is 0. The van der Waals surface area contributed by atoms with Gasteiger partial charge in [0.25, 0.3) is 6.43 Å². The normalized spacial score (nSPS) is 15.0. The van der Waals surface area contributed by atoms with Gasteiger partial charge in [0.1, 0.15) is 0 Å². The Morgan fingerprint density at radius 2 is 1.56 bits per heavy atom. The Balaban J connectivity index is 3.38. The van der Waals surface area contributed by atoms with Gasteiger partial charge in [-0.05, 0) is 12.3 Å². The summed E-state index contributed by atoms with van der Waals surface area (Å²) >= 11 is 0. The van der Waals surface area contributed by atoms with Gasteiger partial charge in [-0.15, -0.1) is 0 Å². The fourth-order valence-electron chi connectivity index (χ4n) is 0.553. The van der Waals surface area contributed by atoms with Crippen molar-refractivity contribution in [3.8, 4) is 0 Å². The topological polar surface area (TPSA) is 0 Å². The lowest BCUT2D eigenvalue weighted by Crippen LogP contribution is -2.14. The smallest absolute Gasteiger partial charge is 0.241 e. The zero-order valence-corrected chi connectivity index (χ0v) is 5.57. The molecule has 1 unspecified atom stereocenters. The molecule has 0 heterocycles. The predicted octanol–water partition coefficient (Wildman–Crippen LogP) is 2.64. The molecule has 1 atom stereocenters. The van der Waals surface area contributed by atoms with E-state index in [9.17, 15) is 13.2 Å². The molecular formula is C6H11F3. The van der Waals surface area contributed by atoms with Crippen LogP contribution in [0.4, 0.5) is 13.2 Å². The van der Waals surface area contributed by atoms with Crippen molar-refractivity contribution in [3.05, 3.63) is 0 Å². The first-order valence-electron chi connectivity index (χ1n) is 2.96. The highest BCUT2D eigenvalue weighted by molar-refractivity contribution is 4.60.